The Kier molecular flexibility index (Phi) is 3.42. The summed E-state index contributed by atoms with van der Waals surface area (Å²) in [5, 5.41) is 19.4. The van der Waals surface area contributed by atoms with Crippen LogP contribution in [0.3, 0.4) is 0 Å². The van der Waals surface area contributed by atoms with Gasteiger partial charge in [0.05, 0.1) is 11.1 Å². The third-order valence-corrected chi connectivity index (χ3v) is 2.53. The fraction of sp³-hybridized carbons (Fsp3) is 0.0909. The maximum absolute atomic E-state index is 11.8. The summed E-state index contributed by atoms with van der Waals surface area (Å²) in [6.07, 6.45) is 1.52. The first-order chi connectivity index (χ1) is 9.08. The number of nitro benzene ring substituents is 1. The van der Waals surface area contributed by atoms with Gasteiger partial charge in [-0.3, -0.25) is 20.0 Å². The Labute approximate surface area is 107 Å². The highest BCUT2D eigenvalue weighted by Gasteiger charge is 2.10. The topological polar surface area (TPSA) is 127 Å². The maximum Gasteiger partial charge on any atom is 0.269 e. The second kappa shape index (κ2) is 5.17. The lowest BCUT2D eigenvalue weighted by molar-refractivity contribution is -0.384. The van der Waals surface area contributed by atoms with E-state index in [2.05, 4.69) is 15.5 Å². The van der Waals surface area contributed by atoms with Crippen LogP contribution < -0.4 is 11.1 Å². The van der Waals surface area contributed by atoms with Gasteiger partial charge in [0.15, 0.2) is 0 Å². The van der Waals surface area contributed by atoms with Crippen molar-refractivity contribution in [2.75, 3.05) is 5.73 Å². The maximum atomic E-state index is 11.8. The van der Waals surface area contributed by atoms with Crippen LogP contribution in [0.4, 0.5) is 11.5 Å². The molecule has 2 aromatic rings. The van der Waals surface area contributed by atoms with E-state index in [9.17, 15) is 14.9 Å². The lowest BCUT2D eigenvalue weighted by atomic mass is 10.2. The van der Waals surface area contributed by atoms with Gasteiger partial charge in [-0.05, 0) is 12.1 Å². The van der Waals surface area contributed by atoms with E-state index in [1.165, 1.54) is 30.5 Å². The summed E-state index contributed by atoms with van der Waals surface area (Å²) in [5.41, 5.74) is 6.53. The molecule has 4 N–H and O–H groups in total. The summed E-state index contributed by atoms with van der Waals surface area (Å²) in [6, 6.07) is 5.35. The first-order valence-corrected chi connectivity index (χ1v) is 5.38. The van der Waals surface area contributed by atoms with Gasteiger partial charge in [-0.25, -0.2) is 0 Å². The average Bonchev–Trinajstić information content (AvgIpc) is 2.81. The van der Waals surface area contributed by atoms with E-state index in [0.29, 0.717) is 16.9 Å². The van der Waals surface area contributed by atoms with Gasteiger partial charge >= 0.3 is 0 Å². The lowest BCUT2D eigenvalue weighted by Crippen LogP contribution is -2.22. The molecule has 0 saturated heterocycles. The number of nitrogens with zero attached hydrogens (tertiary/aromatic N) is 2. The number of anilines is 1. The number of amides is 1. The zero-order chi connectivity index (χ0) is 13.8. The zero-order valence-corrected chi connectivity index (χ0v) is 9.79. The standard InChI is InChI=1S/C11H11N5O3/c12-10-8(6-14-15-10)5-13-11(17)7-1-3-9(4-2-7)16(18)19/h1-4,6H,5H2,(H,13,17)(H3,12,14,15). The van der Waals surface area contributed by atoms with E-state index >= 15 is 0 Å². The summed E-state index contributed by atoms with van der Waals surface area (Å²) < 4.78 is 0. The first kappa shape index (κ1) is 12.6. The van der Waals surface area contributed by atoms with Crippen molar-refractivity contribution < 1.29 is 9.72 Å². The van der Waals surface area contributed by atoms with Crippen LogP contribution in [0.15, 0.2) is 30.5 Å². The molecule has 98 valence electrons. The second-order valence-electron chi connectivity index (χ2n) is 3.80. The third-order valence-electron chi connectivity index (χ3n) is 2.53. The number of nitrogen functional groups attached to an aromatic ring is 1. The molecule has 0 unspecified atom stereocenters. The van der Waals surface area contributed by atoms with Crippen molar-refractivity contribution in [1.82, 2.24) is 15.5 Å². The van der Waals surface area contributed by atoms with E-state index in [1.54, 1.807) is 0 Å². The molecule has 1 aromatic heterocycles. The molecule has 0 aliphatic rings. The summed E-state index contributed by atoms with van der Waals surface area (Å²) >= 11 is 0. The number of carbonyl (C=O) groups is 1. The molecule has 0 spiro atoms. The molecule has 0 bridgehead atoms. The van der Waals surface area contributed by atoms with Crippen LogP contribution in [0.25, 0.3) is 0 Å². The molecule has 0 aliphatic carbocycles. The van der Waals surface area contributed by atoms with Crippen molar-refractivity contribution in [3.05, 3.63) is 51.7 Å². The molecule has 0 atom stereocenters. The van der Waals surface area contributed by atoms with Crippen molar-refractivity contribution in [1.29, 1.82) is 0 Å². The van der Waals surface area contributed by atoms with Crippen molar-refractivity contribution in [3.8, 4) is 0 Å². The molecular weight excluding hydrogens is 250 g/mol. The van der Waals surface area contributed by atoms with Gasteiger partial charge in [-0.2, -0.15) is 5.10 Å². The van der Waals surface area contributed by atoms with Crippen LogP contribution in [0.5, 0.6) is 0 Å². The summed E-state index contributed by atoms with van der Waals surface area (Å²) in [6.45, 7) is 0.234. The molecule has 8 nitrogen and oxygen atoms in total. The highest BCUT2D eigenvalue weighted by atomic mass is 16.6. The molecule has 2 rings (SSSR count). The molecule has 8 heteroatoms. The number of non-ortho nitro benzene ring substituents is 1. The number of nitrogens with one attached hydrogen (secondary N) is 2. The van der Waals surface area contributed by atoms with Gasteiger partial charge in [-0.15, -0.1) is 0 Å². The predicted molar refractivity (Wildman–Crippen MR) is 67.3 cm³/mol. The minimum Gasteiger partial charge on any atom is -0.384 e. The smallest absolute Gasteiger partial charge is 0.269 e. The van der Waals surface area contributed by atoms with Crippen LogP contribution in [0.2, 0.25) is 0 Å². The highest BCUT2D eigenvalue weighted by Crippen LogP contribution is 2.12. The molecule has 0 fully saturated rings. The summed E-state index contributed by atoms with van der Waals surface area (Å²) in [5.74, 6) is 0.0551. The molecule has 19 heavy (non-hydrogen) atoms. The molecule has 1 heterocycles. The van der Waals surface area contributed by atoms with Crippen LogP contribution in [-0.4, -0.2) is 21.0 Å². The SMILES string of the molecule is Nc1[nH]ncc1CNC(=O)c1ccc([N+](=O)[O-])cc1. The number of H-pyrrole nitrogens is 1. The van der Waals surface area contributed by atoms with Gasteiger partial charge in [0.1, 0.15) is 5.82 Å². The fourth-order valence-electron chi connectivity index (χ4n) is 1.47. The first-order valence-electron chi connectivity index (χ1n) is 5.38. The summed E-state index contributed by atoms with van der Waals surface area (Å²) in [7, 11) is 0. The van der Waals surface area contributed by atoms with Gasteiger partial charge in [-0.1, -0.05) is 0 Å². The van der Waals surface area contributed by atoms with E-state index in [-0.39, 0.29) is 18.1 Å². The Balaban J connectivity index is 2.00. The van der Waals surface area contributed by atoms with E-state index in [0.717, 1.165) is 0 Å². The number of rotatable bonds is 4. The van der Waals surface area contributed by atoms with Crippen molar-refractivity contribution >= 4 is 17.4 Å². The van der Waals surface area contributed by atoms with Crippen LogP contribution in [0, 0.1) is 10.1 Å². The number of hydrogen-bond donors (Lipinski definition) is 3. The number of aromatic nitrogens is 2. The Morgan fingerprint density at radius 3 is 2.63 bits per heavy atom. The largest absolute Gasteiger partial charge is 0.384 e. The molecule has 0 aliphatic heterocycles. The van der Waals surface area contributed by atoms with Gasteiger partial charge in [0.2, 0.25) is 0 Å². The molecule has 0 radical (unpaired) electrons. The minimum atomic E-state index is -0.520. The number of aromatic amines is 1. The van der Waals surface area contributed by atoms with Gasteiger partial charge in [0.25, 0.3) is 11.6 Å². The quantitative estimate of drug-likeness (QED) is 0.554. The Hall–Kier alpha value is -2.90. The fourth-order valence-corrected chi connectivity index (χ4v) is 1.47. The van der Waals surface area contributed by atoms with Crippen LogP contribution in [-0.2, 0) is 6.54 Å². The van der Waals surface area contributed by atoms with Crippen LogP contribution in [0.1, 0.15) is 15.9 Å². The van der Waals surface area contributed by atoms with E-state index in [4.69, 9.17) is 5.73 Å². The second-order valence-corrected chi connectivity index (χ2v) is 3.80. The molecule has 0 saturated carbocycles. The molecule has 1 amide bonds. The summed E-state index contributed by atoms with van der Waals surface area (Å²) in [4.78, 5) is 21.7. The van der Waals surface area contributed by atoms with Gasteiger partial charge in [0, 0.05) is 29.8 Å². The lowest BCUT2D eigenvalue weighted by Gasteiger charge is -2.04. The van der Waals surface area contributed by atoms with Crippen molar-refractivity contribution in [3.63, 3.8) is 0 Å². The highest BCUT2D eigenvalue weighted by molar-refractivity contribution is 5.94. The number of carbonyl (C=O) groups excluding carboxylic acids is 1. The molecular formula is C11H11N5O3. The zero-order valence-electron chi connectivity index (χ0n) is 9.79. The average molecular weight is 261 g/mol. The normalized spacial score (nSPS) is 10.1. The van der Waals surface area contributed by atoms with Crippen molar-refractivity contribution in [2.45, 2.75) is 6.54 Å². The van der Waals surface area contributed by atoms with E-state index in [1.807, 2.05) is 0 Å². The predicted octanol–water partition coefficient (Wildman–Crippen LogP) is 0.830. The number of nitrogens with two attached hydrogens (primary N) is 1. The van der Waals surface area contributed by atoms with Crippen molar-refractivity contribution in [2.24, 2.45) is 0 Å². The monoisotopic (exact) mass is 261 g/mol. The number of benzene rings is 1. The number of nitro groups is 1. The Morgan fingerprint density at radius 2 is 2.11 bits per heavy atom. The minimum absolute atomic E-state index is 0.0596. The van der Waals surface area contributed by atoms with Crippen LogP contribution >= 0.6 is 0 Å². The van der Waals surface area contributed by atoms with Gasteiger partial charge < -0.3 is 11.1 Å². The Bertz CT molecular complexity index is 605. The Morgan fingerprint density at radius 1 is 1.42 bits per heavy atom. The molecule has 1 aromatic carbocycles. The van der Waals surface area contributed by atoms with E-state index < -0.39 is 4.92 Å². The third kappa shape index (κ3) is 2.86. The number of hydrogen-bond acceptors (Lipinski definition) is 5.